The van der Waals surface area contributed by atoms with E-state index in [2.05, 4.69) is 10.2 Å². The van der Waals surface area contributed by atoms with E-state index in [1.54, 1.807) is 0 Å². The van der Waals surface area contributed by atoms with Gasteiger partial charge in [-0.1, -0.05) is 12.8 Å². The molecule has 0 radical (unpaired) electrons. The van der Waals surface area contributed by atoms with E-state index >= 15 is 0 Å². The second-order valence-electron chi connectivity index (χ2n) is 5.59. The van der Waals surface area contributed by atoms with Crippen molar-refractivity contribution in [3.05, 3.63) is 0 Å². The van der Waals surface area contributed by atoms with Gasteiger partial charge in [-0.15, -0.1) is 0 Å². The van der Waals surface area contributed by atoms with Crippen molar-refractivity contribution in [1.29, 1.82) is 0 Å². The third kappa shape index (κ3) is 2.58. The predicted octanol–water partition coefficient (Wildman–Crippen LogP) is 1.38. The van der Waals surface area contributed by atoms with Crippen molar-refractivity contribution in [1.82, 2.24) is 10.2 Å². The van der Waals surface area contributed by atoms with Crippen LogP contribution < -0.4 is 5.32 Å². The minimum atomic E-state index is 0.637. The predicted molar refractivity (Wildman–Crippen MR) is 64.6 cm³/mol. The summed E-state index contributed by atoms with van der Waals surface area (Å²) in [7, 11) is 0. The molecule has 0 aromatic carbocycles. The van der Waals surface area contributed by atoms with Gasteiger partial charge in [-0.05, 0) is 25.7 Å². The lowest BCUT2D eigenvalue weighted by molar-refractivity contribution is -0.0269. The highest BCUT2D eigenvalue weighted by Gasteiger charge is 2.32. The Labute approximate surface area is 98.5 Å². The molecule has 3 rings (SSSR count). The molecule has 16 heavy (non-hydrogen) atoms. The van der Waals surface area contributed by atoms with Crippen LogP contribution in [0.1, 0.15) is 38.5 Å². The van der Waals surface area contributed by atoms with Gasteiger partial charge in [-0.3, -0.25) is 4.90 Å². The lowest BCUT2D eigenvalue weighted by Gasteiger charge is -2.39. The van der Waals surface area contributed by atoms with Gasteiger partial charge in [0.05, 0.1) is 13.2 Å². The Hall–Kier alpha value is -0.120. The van der Waals surface area contributed by atoms with Crippen LogP contribution in [0.3, 0.4) is 0 Å². The monoisotopic (exact) mass is 224 g/mol. The molecule has 1 unspecified atom stereocenters. The molecular weight excluding hydrogens is 200 g/mol. The average Bonchev–Trinajstić information content (AvgIpc) is 3.00. The Morgan fingerprint density at radius 2 is 1.94 bits per heavy atom. The molecular formula is C13H24N2O. The Morgan fingerprint density at radius 1 is 1.12 bits per heavy atom. The van der Waals surface area contributed by atoms with Crippen molar-refractivity contribution in [3.8, 4) is 0 Å². The smallest absolute Gasteiger partial charge is 0.0635 e. The van der Waals surface area contributed by atoms with E-state index in [0.717, 1.165) is 38.4 Å². The van der Waals surface area contributed by atoms with Gasteiger partial charge in [-0.2, -0.15) is 0 Å². The van der Waals surface area contributed by atoms with Crippen LogP contribution in [0.15, 0.2) is 0 Å². The van der Waals surface area contributed by atoms with E-state index in [1.165, 1.54) is 38.5 Å². The first-order valence-electron chi connectivity index (χ1n) is 7.00. The molecule has 3 fully saturated rings. The van der Waals surface area contributed by atoms with Crippen LogP contribution in [0.5, 0.6) is 0 Å². The van der Waals surface area contributed by atoms with E-state index in [1.807, 2.05) is 0 Å². The molecule has 0 spiro atoms. The fourth-order valence-corrected chi connectivity index (χ4v) is 3.15. The summed E-state index contributed by atoms with van der Waals surface area (Å²) < 4.78 is 5.64. The molecule has 1 heterocycles. The molecule has 0 aromatic rings. The lowest BCUT2D eigenvalue weighted by Crippen LogP contribution is -2.54. The maximum Gasteiger partial charge on any atom is 0.0635 e. The van der Waals surface area contributed by atoms with Gasteiger partial charge >= 0.3 is 0 Å². The maximum absolute atomic E-state index is 5.64. The summed E-state index contributed by atoms with van der Waals surface area (Å²) in [6, 6.07) is 2.32. The van der Waals surface area contributed by atoms with Crippen molar-refractivity contribution < 1.29 is 4.74 Å². The first-order chi connectivity index (χ1) is 7.93. The third-order valence-electron chi connectivity index (χ3n) is 4.29. The summed E-state index contributed by atoms with van der Waals surface area (Å²) in [6.45, 7) is 4.18. The summed E-state index contributed by atoms with van der Waals surface area (Å²) in [4.78, 5) is 2.73. The maximum atomic E-state index is 5.64. The zero-order chi connectivity index (χ0) is 10.8. The Bertz CT molecular complexity index is 224. The van der Waals surface area contributed by atoms with Gasteiger partial charge in [0.15, 0.2) is 0 Å². The Morgan fingerprint density at radius 3 is 2.69 bits per heavy atom. The van der Waals surface area contributed by atoms with Crippen molar-refractivity contribution in [2.45, 2.75) is 56.7 Å². The average molecular weight is 224 g/mol. The SMILES string of the molecule is C1CCC(N2CCOCC2CNC2CC2)C1. The summed E-state index contributed by atoms with van der Waals surface area (Å²) >= 11 is 0. The first kappa shape index (κ1) is 11.0. The van der Waals surface area contributed by atoms with Gasteiger partial charge in [0.2, 0.25) is 0 Å². The van der Waals surface area contributed by atoms with E-state index in [0.29, 0.717) is 6.04 Å². The Kier molecular flexibility index (Phi) is 3.46. The molecule has 0 aromatic heterocycles. The van der Waals surface area contributed by atoms with Crippen LogP contribution in [0, 0.1) is 0 Å². The number of rotatable bonds is 4. The molecule has 1 atom stereocenters. The number of hydrogen-bond acceptors (Lipinski definition) is 3. The van der Waals surface area contributed by atoms with E-state index in [-0.39, 0.29) is 0 Å². The van der Waals surface area contributed by atoms with Crippen LogP contribution in [-0.4, -0.2) is 49.3 Å². The van der Waals surface area contributed by atoms with Crippen LogP contribution in [0.25, 0.3) is 0 Å². The minimum absolute atomic E-state index is 0.637. The summed E-state index contributed by atoms with van der Waals surface area (Å²) in [5.41, 5.74) is 0. The summed E-state index contributed by atoms with van der Waals surface area (Å²) in [6.07, 6.45) is 8.48. The number of nitrogens with zero attached hydrogens (tertiary/aromatic N) is 1. The van der Waals surface area contributed by atoms with E-state index in [9.17, 15) is 0 Å². The molecule has 1 aliphatic heterocycles. The number of nitrogens with one attached hydrogen (secondary N) is 1. The number of morpholine rings is 1. The van der Waals surface area contributed by atoms with Gasteiger partial charge in [0.25, 0.3) is 0 Å². The lowest BCUT2D eigenvalue weighted by atomic mass is 10.1. The van der Waals surface area contributed by atoms with Crippen molar-refractivity contribution in [3.63, 3.8) is 0 Å². The highest BCUT2D eigenvalue weighted by Crippen LogP contribution is 2.26. The van der Waals surface area contributed by atoms with Crippen LogP contribution >= 0.6 is 0 Å². The zero-order valence-electron chi connectivity index (χ0n) is 10.2. The van der Waals surface area contributed by atoms with Crippen molar-refractivity contribution in [2.24, 2.45) is 0 Å². The minimum Gasteiger partial charge on any atom is -0.378 e. The molecule has 0 bridgehead atoms. The molecule has 3 nitrogen and oxygen atoms in total. The first-order valence-corrected chi connectivity index (χ1v) is 7.00. The standard InChI is InChI=1S/C13H24N2O/c1-2-4-12(3-1)15-7-8-16-10-13(15)9-14-11-5-6-11/h11-14H,1-10H2. The van der Waals surface area contributed by atoms with Crippen LogP contribution in [-0.2, 0) is 4.74 Å². The van der Waals surface area contributed by atoms with E-state index < -0.39 is 0 Å². The number of ether oxygens (including phenoxy) is 1. The van der Waals surface area contributed by atoms with Crippen molar-refractivity contribution in [2.75, 3.05) is 26.3 Å². The van der Waals surface area contributed by atoms with Gasteiger partial charge in [0.1, 0.15) is 0 Å². The van der Waals surface area contributed by atoms with Crippen LogP contribution in [0.4, 0.5) is 0 Å². The summed E-state index contributed by atoms with van der Waals surface area (Å²) in [5.74, 6) is 0. The largest absolute Gasteiger partial charge is 0.378 e. The van der Waals surface area contributed by atoms with Gasteiger partial charge < -0.3 is 10.1 Å². The topological polar surface area (TPSA) is 24.5 Å². The molecule has 3 heteroatoms. The number of hydrogen-bond donors (Lipinski definition) is 1. The highest BCUT2D eigenvalue weighted by molar-refractivity contribution is 4.89. The molecule has 1 saturated heterocycles. The quantitative estimate of drug-likeness (QED) is 0.781. The fraction of sp³-hybridized carbons (Fsp3) is 1.00. The zero-order valence-corrected chi connectivity index (χ0v) is 10.2. The van der Waals surface area contributed by atoms with Crippen molar-refractivity contribution >= 4 is 0 Å². The molecule has 92 valence electrons. The van der Waals surface area contributed by atoms with Gasteiger partial charge in [-0.25, -0.2) is 0 Å². The second kappa shape index (κ2) is 5.03. The molecule has 3 aliphatic rings. The normalized spacial score (nSPS) is 33.4. The van der Waals surface area contributed by atoms with E-state index in [4.69, 9.17) is 4.74 Å². The second-order valence-corrected chi connectivity index (χ2v) is 5.59. The molecule has 2 saturated carbocycles. The molecule has 2 aliphatic carbocycles. The molecule has 1 N–H and O–H groups in total. The Balaban J connectivity index is 1.53. The van der Waals surface area contributed by atoms with Crippen LogP contribution in [0.2, 0.25) is 0 Å². The van der Waals surface area contributed by atoms with Gasteiger partial charge in [0, 0.05) is 31.2 Å². The summed E-state index contributed by atoms with van der Waals surface area (Å²) in [5, 5.41) is 3.66. The highest BCUT2D eigenvalue weighted by atomic mass is 16.5. The fourth-order valence-electron chi connectivity index (χ4n) is 3.15. The molecule has 0 amide bonds. The third-order valence-corrected chi connectivity index (χ3v) is 4.29.